The number of hydrogen-bond donors (Lipinski definition) is 1. The molecule has 0 saturated carbocycles. The second kappa shape index (κ2) is 11.6. The molecule has 0 unspecified atom stereocenters. The number of sulfonamides is 1. The summed E-state index contributed by atoms with van der Waals surface area (Å²) < 4.78 is 38.4. The first kappa shape index (κ1) is 25.1. The Morgan fingerprint density at radius 1 is 0.912 bits per heavy atom. The van der Waals surface area contributed by atoms with Gasteiger partial charge in [0.25, 0.3) is 10.0 Å². The molecule has 3 rings (SSSR count). The largest absolute Gasteiger partial charge is 0.497 e. The molecular weight excluding hydrogens is 452 g/mol. The van der Waals surface area contributed by atoms with Crippen LogP contribution in [0.3, 0.4) is 0 Å². The van der Waals surface area contributed by atoms with Crippen LogP contribution < -0.4 is 19.1 Å². The first-order valence-corrected chi connectivity index (χ1v) is 12.4. The van der Waals surface area contributed by atoms with Crippen molar-refractivity contribution in [1.29, 1.82) is 0 Å². The van der Waals surface area contributed by atoms with Gasteiger partial charge in [-0.1, -0.05) is 29.8 Å². The van der Waals surface area contributed by atoms with Crippen LogP contribution in [0.4, 0.5) is 5.69 Å². The van der Waals surface area contributed by atoms with Gasteiger partial charge in [0, 0.05) is 6.54 Å². The molecule has 8 heteroatoms. The highest BCUT2D eigenvalue weighted by molar-refractivity contribution is 7.92. The number of amides is 1. The summed E-state index contributed by atoms with van der Waals surface area (Å²) in [5.74, 6) is 1.01. The normalized spacial score (nSPS) is 11.0. The molecule has 0 radical (unpaired) electrons. The molecule has 180 valence electrons. The molecule has 34 heavy (non-hydrogen) atoms. The van der Waals surface area contributed by atoms with E-state index in [0.29, 0.717) is 24.4 Å². The van der Waals surface area contributed by atoms with Crippen LogP contribution >= 0.6 is 0 Å². The number of carbonyl (C=O) groups is 1. The van der Waals surface area contributed by atoms with Crippen LogP contribution in [0.2, 0.25) is 0 Å². The van der Waals surface area contributed by atoms with Crippen LogP contribution in [0.1, 0.15) is 17.5 Å². The van der Waals surface area contributed by atoms with Crippen LogP contribution in [-0.2, 0) is 21.2 Å². The first-order chi connectivity index (χ1) is 16.3. The van der Waals surface area contributed by atoms with Crippen molar-refractivity contribution in [1.82, 2.24) is 5.32 Å². The summed E-state index contributed by atoms with van der Waals surface area (Å²) in [5, 5.41) is 2.84. The van der Waals surface area contributed by atoms with Gasteiger partial charge in [0.2, 0.25) is 5.91 Å². The number of ether oxygens (including phenoxy) is 2. The van der Waals surface area contributed by atoms with E-state index in [1.54, 1.807) is 55.6 Å². The average Bonchev–Trinajstić information content (AvgIpc) is 2.85. The minimum Gasteiger partial charge on any atom is -0.497 e. The van der Waals surface area contributed by atoms with E-state index < -0.39 is 10.0 Å². The zero-order valence-corrected chi connectivity index (χ0v) is 20.5. The molecule has 0 aliphatic heterocycles. The van der Waals surface area contributed by atoms with E-state index in [4.69, 9.17) is 9.47 Å². The Morgan fingerprint density at radius 2 is 1.59 bits per heavy atom. The van der Waals surface area contributed by atoms with E-state index in [-0.39, 0.29) is 17.3 Å². The maximum atomic E-state index is 13.4. The zero-order chi connectivity index (χ0) is 24.6. The molecule has 0 fully saturated rings. The highest BCUT2D eigenvalue weighted by atomic mass is 32.2. The Hall–Kier alpha value is -3.52. The first-order valence-electron chi connectivity index (χ1n) is 11.0. The molecular formula is C26H30N2O5S. The number of aryl methyl sites for hydroxylation is 2. The summed E-state index contributed by atoms with van der Waals surface area (Å²) in [6.45, 7) is 1.98. The Bertz CT molecular complexity index is 1190. The Morgan fingerprint density at radius 3 is 2.24 bits per heavy atom. The molecule has 3 aromatic carbocycles. The Labute approximate surface area is 201 Å². The predicted molar refractivity (Wildman–Crippen MR) is 133 cm³/mol. The second-order valence-electron chi connectivity index (χ2n) is 7.83. The fourth-order valence-corrected chi connectivity index (χ4v) is 4.86. The molecule has 7 nitrogen and oxygen atoms in total. The van der Waals surface area contributed by atoms with Gasteiger partial charge >= 0.3 is 0 Å². The molecule has 0 aliphatic carbocycles. The third-order valence-corrected chi connectivity index (χ3v) is 7.14. The van der Waals surface area contributed by atoms with Crippen molar-refractivity contribution >= 4 is 21.6 Å². The zero-order valence-electron chi connectivity index (χ0n) is 19.7. The maximum absolute atomic E-state index is 13.4. The summed E-state index contributed by atoms with van der Waals surface area (Å²) >= 11 is 0. The van der Waals surface area contributed by atoms with E-state index in [9.17, 15) is 13.2 Å². The number of nitrogens with zero attached hydrogens (tertiary/aromatic N) is 1. The van der Waals surface area contributed by atoms with Gasteiger partial charge in [-0.3, -0.25) is 9.10 Å². The van der Waals surface area contributed by atoms with Crippen LogP contribution in [0, 0.1) is 6.92 Å². The Kier molecular flexibility index (Phi) is 8.54. The van der Waals surface area contributed by atoms with E-state index in [1.165, 1.54) is 7.11 Å². The highest BCUT2D eigenvalue weighted by Gasteiger charge is 2.27. The fourth-order valence-electron chi connectivity index (χ4n) is 3.44. The molecule has 0 atom stereocenters. The molecule has 0 spiro atoms. The Balaban J connectivity index is 1.70. The second-order valence-corrected chi connectivity index (χ2v) is 9.69. The minimum absolute atomic E-state index is 0.125. The summed E-state index contributed by atoms with van der Waals surface area (Å²) in [7, 11) is -0.789. The molecule has 0 bridgehead atoms. The van der Waals surface area contributed by atoms with Gasteiger partial charge in [-0.2, -0.15) is 0 Å². The summed E-state index contributed by atoms with van der Waals surface area (Å²) in [5.41, 5.74) is 2.44. The molecule has 0 saturated heterocycles. The molecule has 3 aromatic rings. The van der Waals surface area contributed by atoms with Crippen LogP contribution in [0.5, 0.6) is 11.5 Å². The number of carbonyl (C=O) groups excluding carboxylic acids is 1. The van der Waals surface area contributed by atoms with Crippen molar-refractivity contribution in [3.05, 3.63) is 83.9 Å². The number of nitrogens with one attached hydrogen (secondary N) is 1. The highest BCUT2D eigenvalue weighted by Crippen LogP contribution is 2.26. The van der Waals surface area contributed by atoms with Crippen molar-refractivity contribution in [3.8, 4) is 11.5 Å². The van der Waals surface area contributed by atoms with Crippen LogP contribution in [-0.4, -0.2) is 41.6 Å². The van der Waals surface area contributed by atoms with Crippen LogP contribution in [0.15, 0.2) is 77.7 Å². The van der Waals surface area contributed by atoms with Crippen molar-refractivity contribution in [2.24, 2.45) is 0 Å². The molecule has 0 heterocycles. The van der Waals surface area contributed by atoms with E-state index in [1.807, 2.05) is 31.2 Å². The van der Waals surface area contributed by atoms with Crippen molar-refractivity contribution in [2.75, 3.05) is 31.6 Å². The molecule has 0 aromatic heterocycles. The van der Waals surface area contributed by atoms with E-state index >= 15 is 0 Å². The SMILES string of the molecule is COc1ccc(N(CC(=O)NCCCc2cccc(OC)c2)S(=O)(=O)c2ccc(C)cc2)cc1. The van der Waals surface area contributed by atoms with Gasteiger partial charge in [-0.05, 0) is 73.9 Å². The van der Waals surface area contributed by atoms with Crippen molar-refractivity contribution in [3.63, 3.8) is 0 Å². The van der Waals surface area contributed by atoms with E-state index in [0.717, 1.165) is 27.6 Å². The smallest absolute Gasteiger partial charge is 0.264 e. The summed E-state index contributed by atoms with van der Waals surface area (Å²) in [6.07, 6.45) is 1.48. The lowest BCUT2D eigenvalue weighted by molar-refractivity contribution is -0.119. The topological polar surface area (TPSA) is 84.9 Å². The number of hydrogen-bond acceptors (Lipinski definition) is 5. The molecule has 1 N–H and O–H groups in total. The lowest BCUT2D eigenvalue weighted by atomic mass is 10.1. The van der Waals surface area contributed by atoms with Gasteiger partial charge in [-0.15, -0.1) is 0 Å². The van der Waals surface area contributed by atoms with Gasteiger partial charge in [0.05, 0.1) is 24.8 Å². The predicted octanol–water partition coefficient (Wildman–Crippen LogP) is 3.96. The standard InChI is InChI=1S/C26H30N2O5S/c1-20-9-15-25(16-10-20)34(30,31)28(22-11-13-23(32-2)14-12-22)19-26(29)27-17-5-7-21-6-4-8-24(18-21)33-3/h4,6,8-16,18H,5,7,17,19H2,1-3H3,(H,27,29). The lowest BCUT2D eigenvalue weighted by Crippen LogP contribution is -2.41. The monoisotopic (exact) mass is 482 g/mol. The number of benzene rings is 3. The number of rotatable bonds is 11. The fraction of sp³-hybridized carbons (Fsp3) is 0.269. The maximum Gasteiger partial charge on any atom is 0.264 e. The quantitative estimate of drug-likeness (QED) is 0.418. The average molecular weight is 483 g/mol. The van der Waals surface area contributed by atoms with Crippen molar-refractivity contribution < 1.29 is 22.7 Å². The van der Waals surface area contributed by atoms with E-state index in [2.05, 4.69) is 5.32 Å². The molecule has 0 aliphatic rings. The lowest BCUT2D eigenvalue weighted by Gasteiger charge is -2.24. The van der Waals surface area contributed by atoms with Gasteiger partial charge in [-0.25, -0.2) is 8.42 Å². The summed E-state index contributed by atoms with van der Waals surface area (Å²) in [4.78, 5) is 12.9. The van der Waals surface area contributed by atoms with Gasteiger partial charge in [0.15, 0.2) is 0 Å². The third kappa shape index (κ3) is 6.51. The van der Waals surface area contributed by atoms with Crippen molar-refractivity contribution in [2.45, 2.75) is 24.7 Å². The van der Waals surface area contributed by atoms with Gasteiger partial charge in [0.1, 0.15) is 18.0 Å². The number of methoxy groups -OCH3 is 2. The molecule has 1 amide bonds. The van der Waals surface area contributed by atoms with Gasteiger partial charge < -0.3 is 14.8 Å². The minimum atomic E-state index is -3.95. The number of anilines is 1. The third-order valence-electron chi connectivity index (χ3n) is 5.36. The summed E-state index contributed by atoms with van der Waals surface area (Å²) in [6, 6.07) is 20.9. The van der Waals surface area contributed by atoms with Crippen LogP contribution in [0.25, 0.3) is 0 Å².